The number of hydrogen-bond acceptors (Lipinski definition) is 2. The fraction of sp³-hybridized carbons (Fsp3) is 0. The van der Waals surface area contributed by atoms with Gasteiger partial charge in [0.05, 0.1) is 11.4 Å². The number of benzene rings is 3. The quantitative estimate of drug-likeness (QED) is 0.362. The van der Waals surface area contributed by atoms with Crippen LogP contribution in [0.2, 0.25) is 0 Å². The second-order valence-corrected chi connectivity index (χ2v) is 6.75. The molecule has 0 fully saturated rings. The topological polar surface area (TPSA) is 25.8 Å². The molecule has 0 saturated heterocycles. The van der Waals surface area contributed by atoms with Gasteiger partial charge in [0.15, 0.2) is 0 Å². The molecule has 0 amide bonds. The summed E-state index contributed by atoms with van der Waals surface area (Å²) >= 11 is 0. The highest BCUT2D eigenvalue weighted by atomic mass is 14.7. The third-order valence-electron chi connectivity index (χ3n) is 4.98. The molecule has 3 aromatic carbocycles. The van der Waals surface area contributed by atoms with Gasteiger partial charge in [0, 0.05) is 23.5 Å². The highest BCUT2D eigenvalue weighted by molar-refractivity contribution is 5.99. The van der Waals surface area contributed by atoms with Gasteiger partial charge in [-0.05, 0) is 58.3 Å². The number of aromatic nitrogens is 2. The van der Waals surface area contributed by atoms with E-state index in [1.54, 1.807) is 0 Å². The Morgan fingerprint density at radius 2 is 1.14 bits per heavy atom. The van der Waals surface area contributed by atoms with Crippen LogP contribution in [0.25, 0.3) is 44.4 Å². The van der Waals surface area contributed by atoms with Gasteiger partial charge in [-0.3, -0.25) is 9.97 Å². The zero-order chi connectivity index (χ0) is 18.8. The standard InChI is InChI=1S/C26H18N2/c1-3-15-27-25(11-1)21-9-5-8-20(17-21)23-10-6-7-19-13-14-22(18-24(19)23)26-12-2-4-16-28-26/h1-18H. The summed E-state index contributed by atoms with van der Waals surface area (Å²) in [6.45, 7) is 0. The first-order chi connectivity index (χ1) is 13.9. The maximum absolute atomic E-state index is 4.50. The van der Waals surface area contributed by atoms with Crippen molar-refractivity contribution in [3.05, 3.63) is 109 Å². The van der Waals surface area contributed by atoms with E-state index < -0.39 is 0 Å². The molecular formula is C26H18N2. The van der Waals surface area contributed by atoms with Gasteiger partial charge in [-0.1, -0.05) is 60.7 Å². The van der Waals surface area contributed by atoms with Gasteiger partial charge in [0.2, 0.25) is 0 Å². The summed E-state index contributed by atoms with van der Waals surface area (Å²) in [6.07, 6.45) is 3.67. The Kier molecular flexibility index (Phi) is 4.15. The van der Waals surface area contributed by atoms with Gasteiger partial charge in [-0.25, -0.2) is 0 Å². The molecule has 0 bridgehead atoms. The Bertz CT molecular complexity index is 1250. The maximum atomic E-state index is 4.50. The summed E-state index contributed by atoms with van der Waals surface area (Å²) in [7, 11) is 0. The lowest BCUT2D eigenvalue weighted by Gasteiger charge is -2.10. The largest absolute Gasteiger partial charge is 0.256 e. The van der Waals surface area contributed by atoms with Crippen LogP contribution in [0, 0.1) is 0 Å². The van der Waals surface area contributed by atoms with Gasteiger partial charge >= 0.3 is 0 Å². The molecular weight excluding hydrogens is 340 g/mol. The van der Waals surface area contributed by atoms with E-state index in [4.69, 9.17) is 0 Å². The fourth-order valence-corrected chi connectivity index (χ4v) is 3.60. The molecule has 0 aliphatic heterocycles. The van der Waals surface area contributed by atoms with E-state index >= 15 is 0 Å². The van der Waals surface area contributed by atoms with Crippen LogP contribution in [0.1, 0.15) is 0 Å². The van der Waals surface area contributed by atoms with Crippen molar-refractivity contribution in [2.75, 3.05) is 0 Å². The van der Waals surface area contributed by atoms with Crippen molar-refractivity contribution < 1.29 is 0 Å². The van der Waals surface area contributed by atoms with E-state index in [1.807, 2.05) is 48.8 Å². The Morgan fingerprint density at radius 3 is 1.86 bits per heavy atom. The lowest BCUT2D eigenvalue weighted by Crippen LogP contribution is -1.87. The van der Waals surface area contributed by atoms with E-state index in [9.17, 15) is 0 Å². The SMILES string of the molecule is c1ccc(-c2cccc(-c3cccc4ccc(-c5ccccn5)cc34)c2)nc1. The van der Waals surface area contributed by atoms with Crippen molar-refractivity contribution in [2.45, 2.75) is 0 Å². The summed E-state index contributed by atoms with van der Waals surface area (Å²) in [5.74, 6) is 0. The highest BCUT2D eigenvalue weighted by Gasteiger charge is 2.08. The molecule has 2 heterocycles. The first-order valence-corrected chi connectivity index (χ1v) is 9.34. The van der Waals surface area contributed by atoms with E-state index in [2.05, 4.69) is 70.6 Å². The summed E-state index contributed by atoms with van der Waals surface area (Å²) in [5.41, 5.74) is 6.62. The molecule has 0 N–H and O–H groups in total. The summed E-state index contributed by atoms with van der Waals surface area (Å²) in [5, 5.41) is 2.45. The predicted molar refractivity (Wildman–Crippen MR) is 116 cm³/mol. The second-order valence-electron chi connectivity index (χ2n) is 6.75. The van der Waals surface area contributed by atoms with E-state index in [0.29, 0.717) is 0 Å². The molecule has 2 nitrogen and oxygen atoms in total. The molecule has 2 aromatic heterocycles. The summed E-state index contributed by atoms with van der Waals surface area (Å²) in [4.78, 5) is 9.00. The highest BCUT2D eigenvalue weighted by Crippen LogP contribution is 2.33. The van der Waals surface area contributed by atoms with Crippen LogP contribution < -0.4 is 0 Å². The third-order valence-corrected chi connectivity index (χ3v) is 4.98. The molecule has 5 aromatic rings. The number of pyridine rings is 2. The van der Waals surface area contributed by atoms with Gasteiger partial charge in [0.1, 0.15) is 0 Å². The predicted octanol–water partition coefficient (Wildman–Crippen LogP) is 6.63. The average molecular weight is 358 g/mol. The third kappa shape index (κ3) is 3.06. The van der Waals surface area contributed by atoms with E-state index in [0.717, 1.165) is 22.5 Å². The van der Waals surface area contributed by atoms with Crippen molar-refractivity contribution in [2.24, 2.45) is 0 Å². The lowest BCUT2D eigenvalue weighted by molar-refractivity contribution is 1.33. The van der Waals surface area contributed by atoms with Gasteiger partial charge < -0.3 is 0 Å². The van der Waals surface area contributed by atoms with Crippen LogP contribution in [0.15, 0.2) is 109 Å². The number of fused-ring (bicyclic) bond motifs is 1. The molecule has 0 atom stereocenters. The first kappa shape index (κ1) is 16.4. The van der Waals surface area contributed by atoms with Crippen molar-refractivity contribution in [3.63, 3.8) is 0 Å². The van der Waals surface area contributed by atoms with Crippen molar-refractivity contribution in [1.29, 1.82) is 0 Å². The molecule has 0 unspecified atom stereocenters. The van der Waals surface area contributed by atoms with Crippen LogP contribution in [0.3, 0.4) is 0 Å². The zero-order valence-corrected chi connectivity index (χ0v) is 15.3. The number of hydrogen-bond donors (Lipinski definition) is 0. The second kappa shape index (κ2) is 7.09. The Labute approximate surface area is 164 Å². The minimum absolute atomic E-state index is 0.985. The Balaban J connectivity index is 1.67. The van der Waals surface area contributed by atoms with E-state index in [-0.39, 0.29) is 0 Å². The zero-order valence-electron chi connectivity index (χ0n) is 15.3. The maximum Gasteiger partial charge on any atom is 0.0702 e. The summed E-state index contributed by atoms with van der Waals surface area (Å²) < 4.78 is 0. The first-order valence-electron chi connectivity index (χ1n) is 9.34. The molecule has 5 rings (SSSR count). The molecule has 0 aliphatic rings. The lowest BCUT2D eigenvalue weighted by atomic mass is 9.94. The molecule has 132 valence electrons. The van der Waals surface area contributed by atoms with E-state index in [1.165, 1.54) is 21.9 Å². The Hall–Kier alpha value is -3.78. The molecule has 0 aliphatic carbocycles. The average Bonchev–Trinajstić information content (AvgIpc) is 2.79. The van der Waals surface area contributed by atoms with Gasteiger partial charge in [-0.2, -0.15) is 0 Å². The smallest absolute Gasteiger partial charge is 0.0702 e. The fourth-order valence-electron chi connectivity index (χ4n) is 3.60. The van der Waals surface area contributed by atoms with Gasteiger partial charge in [-0.15, -0.1) is 0 Å². The Morgan fingerprint density at radius 1 is 0.464 bits per heavy atom. The monoisotopic (exact) mass is 358 g/mol. The molecule has 28 heavy (non-hydrogen) atoms. The van der Waals surface area contributed by atoms with Crippen LogP contribution in [-0.2, 0) is 0 Å². The van der Waals surface area contributed by atoms with Crippen molar-refractivity contribution in [1.82, 2.24) is 9.97 Å². The summed E-state index contributed by atoms with van der Waals surface area (Å²) in [6, 6.07) is 33.6. The minimum Gasteiger partial charge on any atom is -0.256 e. The molecule has 2 heteroatoms. The van der Waals surface area contributed by atoms with Crippen molar-refractivity contribution in [3.8, 4) is 33.6 Å². The van der Waals surface area contributed by atoms with Crippen LogP contribution in [-0.4, -0.2) is 9.97 Å². The molecule has 0 spiro atoms. The van der Waals surface area contributed by atoms with Crippen LogP contribution >= 0.6 is 0 Å². The molecule has 0 saturated carbocycles. The number of rotatable bonds is 3. The molecule has 0 radical (unpaired) electrons. The van der Waals surface area contributed by atoms with Crippen LogP contribution in [0.4, 0.5) is 0 Å². The normalized spacial score (nSPS) is 10.9. The van der Waals surface area contributed by atoms with Crippen molar-refractivity contribution >= 4 is 10.8 Å². The number of nitrogens with zero attached hydrogens (tertiary/aromatic N) is 2. The van der Waals surface area contributed by atoms with Crippen LogP contribution in [0.5, 0.6) is 0 Å². The minimum atomic E-state index is 0.985. The van der Waals surface area contributed by atoms with Gasteiger partial charge in [0.25, 0.3) is 0 Å².